The van der Waals surface area contributed by atoms with Crippen LogP contribution in [0.25, 0.3) is 0 Å². The minimum Gasteiger partial charge on any atom is -0.346 e. The molecule has 6 nitrogen and oxygen atoms in total. The highest BCUT2D eigenvalue weighted by Gasteiger charge is 2.36. The van der Waals surface area contributed by atoms with Crippen LogP contribution in [0, 0.1) is 0 Å². The van der Waals surface area contributed by atoms with Gasteiger partial charge in [-0.2, -0.15) is 17.3 Å². The summed E-state index contributed by atoms with van der Waals surface area (Å²) in [6.45, 7) is 0.652. The SMILES string of the molecule is O=c1c2c3n(c(=O)n1Cl)CCN3c1ccc(C(F)(F)F)cc1N2. The molecule has 120 valence electrons. The Morgan fingerprint density at radius 1 is 1.17 bits per heavy atom. The van der Waals surface area contributed by atoms with E-state index in [1.54, 1.807) is 4.90 Å². The molecule has 0 unspecified atom stereocenters. The van der Waals surface area contributed by atoms with E-state index in [0.717, 1.165) is 12.1 Å². The Morgan fingerprint density at radius 3 is 2.61 bits per heavy atom. The lowest BCUT2D eigenvalue weighted by molar-refractivity contribution is -0.137. The molecule has 0 aliphatic carbocycles. The first-order valence-electron chi connectivity index (χ1n) is 6.61. The fourth-order valence-corrected chi connectivity index (χ4v) is 3.10. The van der Waals surface area contributed by atoms with Gasteiger partial charge in [-0.1, -0.05) is 0 Å². The maximum absolute atomic E-state index is 12.9. The standard InChI is InChI=1S/C13H8ClF3N4O2/c14-21-11(22)9-10-19(3-4-20(10)12(21)23)8-2-1-6(13(15,16)17)5-7(8)18-9/h1-2,5,18H,3-4H2. The Kier molecular flexibility index (Phi) is 2.66. The summed E-state index contributed by atoms with van der Waals surface area (Å²) in [5.41, 5.74) is -1.68. The van der Waals surface area contributed by atoms with Crippen LogP contribution in [0.2, 0.25) is 0 Å². The topological polar surface area (TPSA) is 59.3 Å². The third-order valence-electron chi connectivity index (χ3n) is 3.95. The molecule has 2 aromatic rings. The maximum atomic E-state index is 12.9. The zero-order chi connectivity index (χ0) is 16.5. The Balaban J connectivity index is 1.97. The van der Waals surface area contributed by atoms with Crippen LogP contribution in [0.3, 0.4) is 0 Å². The minimum absolute atomic E-state index is 0.0103. The van der Waals surface area contributed by atoms with Gasteiger partial charge in [-0.25, -0.2) is 4.79 Å². The van der Waals surface area contributed by atoms with Crippen LogP contribution in [0.15, 0.2) is 27.8 Å². The lowest BCUT2D eigenvalue weighted by Gasteiger charge is -2.29. The average molecular weight is 345 g/mol. The van der Waals surface area contributed by atoms with Crippen molar-refractivity contribution in [2.45, 2.75) is 12.7 Å². The summed E-state index contributed by atoms with van der Waals surface area (Å²) < 4.78 is 40.3. The summed E-state index contributed by atoms with van der Waals surface area (Å²) in [5, 5.41) is 2.68. The van der Waals surface area contributed by atoms with Crippen molar-refractivity contribution in [3.05, 3.63) is 44.6 Å². The second-order valence-electron chi connectivity index (χ2n) is 5.23. The predicted octanol–water partition coefficient (Wildman–Crippen LogP) is 2.24. The first-order chi connectivity index (χ1) is 10.8. The van der Waals surface area contributed by atoms with Crippen LogP contribution in [-0.4, -0.2) is 15.2 Å². The zero-order valence-electron chi connectivity index (χ0n) is 11.3. The molecule has 1 N–H and O–H groups in total. The molecule has 0 radical (unpaired) electrons. The number of aromatic nitrogens is 2. The molecule has 0 spiro atoms. The van der Waals surface area contributed by atoms with E-state index in [4.69, 9.17) is 11.8 Å². The van der Waals surface area contributed by atoms with Gasteiger partial charge in [0.15, 0.2) is 0 Å². The molecule has 1 aromatic heterocycles. The van der Waals surface area contributed by atoms with Crippen LogP contribution in [0.4, 0.5) is 36.1 Å². The van der Waals surface area contributed by atoms with Crippen molar-refractivity contribution in [3.8, 4) is 0 Å². The molecule has 0 atom stereocenters. The van der Waals surface area contributed by atoms with E-state index in [2.05, 4.69) is 5.32 Å². The molecule has 4 rings (SSSR count). The smallest absolute Gasteiger partial charge is 0.346 e. The highest BCUT2D eigenvalue weighted by molar-refractivity contribution is 6.15. The number of alkyl halides is 3. The summed E-state index contributed by atoms with van der Waals surface area (Å²) in [6.07, 6.45) is -4.49. The van der Waals surface area contributed by atoms with Gasteiger partial charge in [0, 0.05) is 24.9 Å². The quantitative estimate of drug-likeness (QED) is 0.796. The monoisotopic (exact) mass is 344 g/mol. The molecule has 23 heavy (non-hydrogen) atoms. The molecule has 3 heterocycles. The number of rotatable bonds is 0. The van der Waals surface area contributed by atoms with Crippen molar-refractivity contribution in [2.75, 3.05) is 16.8 Å². The van der Waals surface area contributed by atoms with Crippen molar-refractivity contribution >= 4 is 34.7 Å². The molecule has 1 aromatic carbocycles. The highest BCUT2D eigenvalue weighted by atomic mass is 35.5. The number of benzene rings is 1. The van der Waals surface area contributed by atoms with Crippen molar-refractivity contribution in [3.63, 3.8) is 0 Å². The molecule has 2 aliphatic heterocycles. The normalized spacial score (nSPS) is 15.2. The summed E-state index contributed by atoms with van der Waals surface area (Å²) in [6, 6.07) is 3.22. The lowest BCUT2D eigenvalue weighted by Crippen LogP contribution is -2.37. The molecule has 10 heteroatoms. The number of nitrogens with zero attached hydrogens (tertiary/aromatic N) is 3. The predicted molar refractivity (Wildman–Crippen MR) is 77.9 cm³/mol. The molecule has 2 aliphatic rings. The van der Waals surface area contributed by atoms with Crippen LogP contribution < -0.4 is 21.5 Å². The summed E-state index contributed by atoms with van der Waals surface area (Å²) in [7, 11) is 0. The van der Waals surface area contributed by atoms with Gasteiger partial charge in [0.25, 0.3) is 5.56 Å². The van der Waals surface area contributed by atoms with Gasteiger partial charge in [0.1, 0.15) is 11.5 Å². The third-order valence-corrected chi connectivity index (χ3v) is 4.25. The van der Waals surface area contributed by atoms with Crippen molar-refractivity contribution in [1.82, 2.24) is 8.65 Å². The molecule has 0 saturated heterocycles. The summed E-state index contributed by atoms with van der Waals surface area (Å²) >= 11 is 5.68. The number of hydrogen-bond acceptors (Lipinski definition) is 4. The first-order valence-corrected chi connectivity index (χ1v) is 6.94. The van der Waals surface area contributed by atoms with Crippen LogP contribution in [0.5, 0.6) is 0 Å². The van der Waals surface area contributed by atoms with E-state index >= 15 is 0 Å². The van der Waals surface area contributed by atoms with E-state index in [-0.39, 0.29) is 17.9 Å². The second kappa shape index (κ2) is 4.31. The number of fused-ring (bicyclic) bond motifs is 2. The molecule has 0 fully saturated rings. The van der Waals surface area contributed by atoms with Gasteiger partial charge in [-0.3, -0.25) is 9.36 Å². The fourth-order valence-electron chi connectivity index (χ4n) is 2.93. The number of nitrogens with one attached hydrogen (secondary N) is 1. The van der Waals surface area contributed by atoms with Crippen LogP contribution >= 0.6 is 11.8 Å². The number of anilines is 4. The first kappa shape index (κ1) is 14.2. The van der Waals surface area contributed by atoms with Gasteiger partial charge in [-0.05, 0) is 18.2 Å². The van der Waals surface area contributed by atoms with Crippen molar-refractivity contribution in [2.24, 2.45) is 0 Å². The van der Waals surface area contributed by atoms with E-state index in [1.807, 2.05) is 0 Å². The van der Waals surface area contributed by atoms with Gasteiger partial charge in [0.05, 0.1) is 16.9 Å². The fraction of sp³-hybridized carbons (Fsp3) is 0.231. The lowest BCUT2D eigenvalue weighted by atomic mass is 10.1. The number of halogens is 4. The zero-order valence-corrected chi connectivity index (χ0v) is 12.1. The second-order valence-corrected chi connectivity index (χ2v) is 5.56. The van der Waals surface area contributed by atoms with E-state index < -0.39 is 23.0 Å². The minimum atomic E-state index is -4.49. The Hall–Kier alpha value is -2.42. The van der Waals surface area contributed by atoms with E-state index in [1.165, 1.54) is 10.6 Å². The summed E-state index contributed by atoms with van der Waals surface area (Å²) in [5.74, 6) is 0.323. The molecular weight excluding hydrogens is 337 g/mol. The van der Waals surface area contributed by atoms with Crippen molar-refractivity contribution in [1.29, 1.82) is 0 Å². The van der Waals surface area contributed by atoms with E-state index in [9.17, 15) is 22.8 Å². The van der Waals surface area contributed by atoms with Crippen molar-refractivity contribution < 1.29 is 13.2 Å². The third kappa shape index (κ3) is 1.83. The molecule has 0 amide bonds. The summed E-state index contributed by atoms with van der Waals surface area (Å²) in [4.78, 5) is 25.8. The Morgan fingerprint density at radius 2 is 1.91 bits per heavy atom. The van der Waals surface area contributed by atoms with Gasteiger partial charge in [-0.15, -0.1) is 0 Å². The van der Waals surface area contributed by atoms with E-state index in [0.29, 0.717) is 22.1 Å². The Bertz CT molecular complexity index is 963. The molecular formula is C13H8ClF3N4O2. The Labute approximate surface area is 131 Å². The molecule has 0 saturated carbocycles. The van der Waals surface area contributed by atoms with Gasteiger partial charge < -0.3 is 10.2 Å². The maximum Gasteiger partial charge on any atom is 0.416 e. The van der Waals surface area contributed by atoms with Crippen LogP contribution in [-0.2, 0) is 12.7 Å². The molecule has 0 bridgehead atoms. The van der Waals surface area contributed by atoms with Gasteiger partial charge >= 0.3 is 11.9 Å². The largest absolute Gasteiger partial charge is 0.416 e. The van der Waals surface area contributed by atoms with Gasteiger partial charge in [0.2, 0.25) is 0 Å². The van der Waals surface area contributed by atoms with Crippen LogP contribution in [0.1, 0.15) is 5.56 Å². The number of hydrogen-bond donors (Lipinski definition) is 1. The average Bonchev–Trinajstić information content (AvgIpc) is 2.94. The highest BCUT2D eigenvalue weighted by Crippen LogP contribution is 2.45.